The summed E-state index contributed by atoms with van der Waals surface area (Å²) in [6, 6.07) is 5.80. The van der Waals surface area contributed by atoms with Gasteiger partial charge in [-0.2, -0.15) is 0 Å². The normalized spacial score (nSPS) is 18.8. The molecule has 3 nitrogen and oxygen atoms in total. The Kier molecular flexibility index (Phi) is 5.03. The molecule has 1 atom stereocenters. The third kappa shape index (κ3) is 3.46. The number of benzene rings is 1. The van der Waals surface area contributed by atoms with E-state index in [-0.39, 0.29) is 6.04 Å². The summed E-state index contributed by atoms with van der Waals surface area (Å²) >= 11 is 3.47. The summed E-state index contributed by atoms with van der Waals surface area (Å²) in [5.74, 6) is 0.370. The number of halogens is 1. The van der Waals surface area contributed by atoms with Crippen LogP contribution in [0.25, 0.3) is 0 Å². The Balaban J connectivity index is 2.09. The summed E-state index contributed by atoms with van der Waals surface area (Å²) in [6.45, 7) is 4.35. The average Bonchev–Trinajstić information content (AvgIpc) is 2.40. The third-order valence-electron chi connectivity index (χ3n) is 3.47. The van der Waals surface area contributed by atoms with Crippen LogP contribution in [0.3, 0.4) is 0 Å². The van der Waals surface area contributed by atoms with Crippen LogP contribution in [0.15, 0.2) is 22.7 Å². The predicted octanol–water partition coefficient (Wildman–Crippen LogP) is 3.60. The first-order valence-corrected chi connectivity index (χ1v) is 7.49. The standard InChI is InChI=1S/C14H21BrN2O/c1-2-13(16-17-8-4-3-5-9-17)12-10-11(15)6-7-14(12)18/h6-7,10,13,16,18H,2-5,8-9H2,1H3. The maximum atomic E-state index is 9.99. The van der Waals surface area contributed by atoms with Crippen molar-refractivity contribution in [1.29, 1.82) is 0 Å². The molecule has 0 bridgehead atoms. The Hall–Kier alpha value is -0.580. The van der Waals surface area contributed by atoms with Gasteiger partial charge in [-0.25, -0.2) is 10.4 Å². The van der Waals surface area contributed by atoms with Gasteiger partial charge in [0, 0.05) is 29.2 Å². The highest BCUT2D eigenvalue weighted by atomic mass is 79.9. The Bertz CT molecular complexity index is 391. The molecule has 0 aliphatic carbocycles. The average molecular weight is 313 g/mol. The van der Waals surface area contributed by atoms with E-state index in [1.54, 1.807) is 6.07 Å². The van der Waals surface area contributed by atoms with Crippen molar-refractivity contribution >= 4 is 15.9 Å². The van der Waals surface area contributed by atoms with Crippen LogP contribution in [0.1, 0.15) is 44.2 Å². The number of phenols is 1. The predicted molar refractivity (Wildman–Crippen MR) is 77.4 cm³/mol. The SMILES string of the molecule is CCC(NN1CCCCC1)c1cc(Br)ccc1O. The smallest absolute Gasteiger partial charge is 0.120 e. The number of nitrogens with one attached hydrogen (secondary N) is 1. The van der Waals surface area contributed by atoms with Gasteiger partial charge in [0.15, 0.2) is 0 Å². The Morgan fingerprint density at radius 2 is 2.06 bits per heavy atom. The van der Waals surface area contributed by atoms with Crippen molar-refractivity contribution in [2.75, 3.05) is 13.1 Å². The second kappa shape index (κ2) is 6.55. The van der Waals surface area contributed by atoms with Crippen LogP contribution in [0.4, 0.5) is 0 Å². The molecule has 0 spiro atoms. The van der Waals surface area contributed by atoms with Gasteiger partial charge < -0.3 is 5.11 Å². The van der Waals surface area contributed by atoms with Gasteiger partial charge in [0.25, 0.3) is 0 Å². The molecule has 2 rings (SSSR count). The molecule has 2 N–H and O–H groups in total. The Labute approximate surface area is 117 Å². The summed E-state index contributed by atoms with van der Waals surface area (Å²) in [5.41, 5.74) is 4.51. The van der Waals surface area contributed by atoms with Crippen LogP contribution in [0.5, 0.6) is 5.75 Å². The van der Waals surface area contributed by atoms with E-state index in [1.165, 1.54) is 19.3 Å². The quantitative estimate of drug-likeness (QED) is 0.891. The van der Waals surface area contributed by atoms with Crippen molar-refractivity contribution in [3.05, 3.63) is 28.2 Å². The van der Waals surface area contributed by atoms with Crippen LogP contribution >= 0.6 is 15.9 Å². The lowest BCUT2D eigenvalue weighted by atomic mass is 10.0. The molecule has 4 heteroatoms. The molecule has 0 radical (unpaired) electrons. The minimum atomic E-state index is 0.181. The molecule has 0 aromatic heterocycles. The molecule has 1 saturated heterocycles. The highest BCUT2D eigenvalue weighted by Crippen LogP contribution is 2.29. The van der Waals surface area contributed by atoms with Gasteiger partial charge in [-0.1, -0.05) is 29.3 Å². The van der Waals surface area contributed by atoms with Crippen LogP contribution in [0, 0.1) is 0 Å². The first kappa shape index (κ1) is 13.8. The van der Waals surface area contributed by atoms with Crippen molar-refractivity contribution in [3.8, 4) is 5.75 Å². The molecule has 1 aromatic carbocycles. The minimum absolute atomic E-state index is 0.181. The van der Waals surface area contributed by atoms with Gasteiger partial charge in [-0.05, 0) is 37.5 Å². The highest BCUT2D eigenvalue weighted by Gasteiger charge is 2.18. The van der Waals surface area contributed by atoms with Gasteiger partial charge in [0.2, 0.25) is 0 Å². The molecule has 1 fully saturated rings. The summed E-state index contributed by atoms with van der Waals surface area (Å²) in [6.07, 6.45) is 4.80. The van der Waals surface area contributed by atoms with E-state index >= 15 is 0 Å². The fraction of sp³-hybridized carbons (Fsp3) is 0.571. The number of piperidine rings is 1. The summed E-state index contributed by atoms with van der Waals surface area (Å²) in [5, 5.41) is 12.3. The number of phenolic OH excluding ortho intramolecular Hbond substituents is 1. The number of hydrazine groups is 1. The molecule has 0 amide bonds. The minimum Gasteiger partial charge on any atom is -0.508 e. The molecule has 1 aliphatic heterocycles. The van der Waals surface area contributed by atoms with E-state index in [9.17, 15) is 5.11 Å². The van der Waals surface area contributed by atoms with Gasteiger partial charge in [-0.3, -0.25) is 0 Å². The number of hydrogen-bond acceptors (Lipinski definition) is 3. The lowest BCUT2D eigenvalue weighted by Crippen LogP contribution is -2.43. The van der Waals surface area contributed by atoms with E-state index in [1.807, 2.05) is 12.1 Å². The topological polar surface area (TPSA) is 35.5 Å². The first-order valence-electron chi connectivity index (χ1n) is 6.70. The second-order valence-electron chi connectivity index (χ2n) is 4.84. The van der Waals surface area contributed by atoms with Gasteiger partial charge in [-0.15, -0.1) is 0 Å². The molecule has 18 heavy (non-hydrogen) atoms. The Morgan fingerprint density at radius 3 is 2.72 bits per heavy atom. The van der Waals surface area contributed by atoms with Crippen LogP contribution in [0.2, 0.25) is 0 Å². The number of rotatable bonds is 4. The maximum absolute atomic E-state index is 9.99. The second-order valence-corrected chi connectivity index (χ2v) is 5.76. The van der Waals surface area contributed by atoms with Crippen molar-refractivity contribution < 1.29 is 5.11 Å². The van der Waals surface area contributed by atoms with Gasteiger partial charge in [0.05, 0.1) is 0 Å². The van der Waals surface area contributed by atoms with E-state index in [2.05, 4.69) is 33.3 Å². The van der Waals surface area contributed by atoms with Gasteiger partial charge in [0.1, 0.15) is 5.75 Å². The number of aromatic hydroxyl groups is 1. The van der Waals surface area contributed by atoms with Crippen molar-refractivity contribution in [1.82, 2.24) is 10.4 Å². The molecule has 1 unspecified atom stereocenters. The van der Waals surface area contributed by atoms with Crippen LogP contribution in [-0.4, -0.2) is 23.2 Å². The van der Waals surface area contributed by atoms with E-state index in [0.717, 1.165) is 29.5 Å². The monoisotopic (exact) mass is 312 g/mol. The number of hydrogen-bond donors (Lipinski definition) is 2. The van der Waals surface area contributed by atoms with E-state index in [0.29, 0.717) is 5.75 Å². The molecule has 100 valence electrons. The maximum Gasteiger partial charge on any atom is 0.120 e. The van der Waals surface area contributed by atoms with Crippen molar-refractivity contribution in [2.45, 2.75) is 38.6 Å². The molecule has 0 saturated carbocycles. The number of nitrogens with zero attached hydrogens (tertiary/aromatic N) is 1. The Morgan fingerprint density at radius 1 is 1.33 bits per heavy atom. The van der Waals surface area contributed by atoms with Crippen molar-refractivity contribution in [3.63, 3.8) is 0 Å². The van der Waals surface area contributed by atoms with Gasteiger partial charge >= 0.3 is 0 Å². The lowest BCUT2D eigenvalue weighted by molar-refractivity contribution is 0.126. The summed E-state index contributed by atoms with van der Waals surface area (Å²) in [4.78, 5) is 0. The van der Waals surface area contributed by atoms with Crippen molar-refractivity contribution in [2.24, 2.45) is 0 Å². The fourth-order valence-electron chi connectivity index (χ4n) is 2.43. The molecular weight excluding hydrogens is 292 g/mol. The summed E-state index contributed by atoms with van der Waals surface area (Å²) in [7, 11) is 0. The highest BCUT2D eigenvalue weighted by molar-refractivity contribution is 9.10. The zero-order chi connectivity index (χ0) is 13.0. The van der Waals surface area contributed by atoms with Crippen LogP contribution in [-0.2, 0) is 0 Å². The zero-order valence-corrected chi connectivity index (χ0v) is 12.4. The first-order chi connectivity index (χ1) is 8.70. The van der Waals surface area contributed by atoms with Crippen LogP contribution < -0.4 is 5.43 Å². The fourth-order valence-corrected chi connectivity index (χ4v) is 2.81. The lowest BCUT2D eigenvalue weighted by Gasteiger charge is -2.31. The molecule has 1 heterocycles. The van der Waals surface area contributed by atoms with E-state index in [4.69, 9.17) is 0 Å². The largest absolute Gasteiger partial charge is 0.508 e. The molecular formula is C14H21BrN2O. The zero-order valence-electron chi connectivity index (χ0n) is 10.8. The third-order valence-corrected chi connectivity index (χ3v) is 3.96. The summed E-state index contributed by atoms with van der Waals surface area (Å²) < 4.78 is 1.01. The molecule has 1 aromatic rings. The van der Waals surface area contributed by atoms with E-state index < -0.39 is 0 Å². The molecule has 1 aliphatic rings.